The summed E-state index contributed by atoms with van der Waals surface area (Å²) in [6.07, 6.45) is 5.60. The fourth-order valence-corrected chi connectivity index (χ4v) is 2.55. The van der Waals surface area contributed by atoms with E-state index in [0.29, 0.717) is 6.10 Å². The molecule has 2 saturated heterocycles. The lowest BCUT2D eigenvalue weighted by Crippen LogP contribution is -2.45. The van der Waals surface area contributed by atoms with Crippen molar-refractivity contribution in [2.75, 3.05) is 39.3 Å². The molecule has 0 bridgehead atoms. The lowest BCUT2D eigenvalue weighted by molar-refractivity contribution is -0.00176. The maximum atomic E-state index is 5.86. The highest BCUT2D eigenvalue weighted by Crippen LogP contribution is 2.16. The fraction of sp³-hybridized carbons (Fsp3) is 1.00. The molecule has 2 aliphatic rings. The summed E-state index contributed by atoms with van der Waals surface area (Å²) < 4.78 is 5.86. The van der Waals surface area contributed by atoms with Gasteiger partial charge in [-0.25, -0.2) is 0 Å². The Morgan fingerprint density at radius 1 is 1.38 bits per heavy atom. The predicted octanol–water partition coefficient (Wildman–Crippen LogP) is 1.49. The van der Waals surface area contributed by atoms with Gasteiger partial charge in [-0.3, -0.25) is 0 Å². The lowest BCUT2D eigenvalue weighted by atomic mass is 9.98. The first kappa shape index (κ1) is 12.3. The molecule has 2 aliphatic heterocycles. The molecule has 0 amide bonds. The highest BCUT2D eigenvalue weighted by molar-refractivity contribution is 4.78. The Morgan fingerprint density at radius 2 is 2.25 bits per heavy atom. The summed E-state index contributed by atoms with van der Waals surface area (Å²) in [6, 6.07) is 0. The van der Waals surface area contributed by atoms with Crippen LogP contribution in [0, 0.1) is 5.92 Å². The van der Waals surface area contributed by atoms with E-state index >= 15 is 0 Å². The SMILES string of the molecule is CCCOC1CCCN(CCC2CNC2)C1. The van der Waals surface area contributed by atoms with E-state index in [2.05, 4.69) is 17.1 Å². The minimum Gasteiger partial charge on any atom is -0.377 e. The lowest BCUT2D eigenvalue weighted by Gasteiger charge is -2.35. The van der Waals surface area contributed by atoms with Gasteiger partial charge >= 0.3 is 0 Å². The molecule has 1 N–H and O–H groups in total. The Morgan fingerprint density at radius 3 is 2.94 bits per heavy atom. The first-order valence-corrected chi connectivity index (χ1v) is 6.93. The first-order chi connectivity index (χ1) is 7.88. The van der Waals surface area contributed by atoms with Crippen LogP contribution < -0.4 is 5.32 Å². The van der Waals surface area contributed by atoms with Crippen LogP contribution >= 0.6 is 0 Å². The molecule has 0 saturated carbocycles. The van der Waals surface area contributed by atoms with Crippen molar-refractivity contribution in [3.05, 3.63) is 0 Å². The van der Waals surface area contributed by atoms with E-state index < -0.39 is 0 Å². The molecule has 1 atom stereocenters. The molecule has 0 aromatic carbocycles. The van der Waals surface area contributed by atoms with Crippen molar-refractivity contribution in [3.63, 3.8) is 0 Å². The Balaban J connectivity index is 1.61. The number of hydrogen-bond acceptors (Lipinski definition) is 3. The zero-order valence-electron chi connectivity index (χ0n) is 10.6. The maximum absolute atomic E-state index is 5.86. The molecule has 2 fully saturated rings. The van der Waals surface area contributed by atoms with Crippen LogP contribution in [0.2, 0.25) is 0 Å². The number of piperidine rings is 1. The molecular formula is C13H26N2O. The number of nitrogens with zero attached hydrogens (tertiary/aromatic N) is 1. The number of likely N-dealkylation sites (tertiary alicyclic amines) is 1. The van der Waals surface area contributed by atoms with Gasteiger partial charge < -0.3 is 15.0 Å². The fourth-order valence-electron chi connectivity index (χ4n) is 2.55. The molecule has 3 nitrogen and oxygen atoms in total. The van der Waals surface area contributed by atoms with Gasteiger partial charge in [-0.1, -0.05) is 6.92 Å². The molecule has 0 aromatic rings. The van der Waals surface area contributed by atoms with Gasteiger partial charge in [0.15, 0.2) is 0 Å². The monoisotopic (exact) mass is 226 g/mol. The summed E-state index contributed by atoms with van der Waals surface area (Å²) in [5, 5.41) is 3.34. The quantitative estimate of drug-likeness (QED) is 0.742. The normalized spacial score (nSPS) is 27.9. The van der Waals surface area contributed by atoms with Crippen LogP contribution in [0.4, 0.5) is 0 Å². The average molecular weight is 226 g/mol. The summed E-state index contributed by atoms with van der Waals surface area (Å²) in [5.41, 5.74) is 0. The number of rotatable bonds is 6. The van der Waals surface area contributed by atoms with Crippen molar-refractivity contribution in [2.45, 2.75) is 38.7 Å². The number of ether oxygens (including phenoxy) is 1. The van der Waals surface area contributed by atoms with E-state index in [1.54, 1.807) is 0 Å². The van der Waals surface area contributed by atoms with Gasteiger partial charge in [-0.05, 0) is 57.8 Å². The summed E-state index contributed by atoms with van der Waals surface area (Å²) in [5.74, 6) is 0.942. The number of hydrogen-bond donors (Lipinski definition) is 1. The molecule has 0 aromatic heterocycles. The van der Waals surface area contributed by atoms with Crippen molar-refractivity contribution in [1.82, 2.24) is 10.2 Å². The van der Waals surface area contributed by atoms with E-state index in [9.17, 15) is 0 Å². The van der Waals surface area contributed by atoms with Gasteiger partial charge in [-0.2, -0.15) is 0 Å². The minimum absolute atomic E-state index is 0.508. The van der Waals surface area contributed by atoms with Crippen LogP contribution in [0.3, 0.4) is 0 Å². The molecule has 2 rings (SSSR count). The van der Waals surface area contributed by atoms with Gasteiger partial charge in [0.1, 0.15) is 0 Å². The summed E-state index contributed by atoms with van der Waals surface area (Å²) in [4.78, 5) is 2.60. The molecule has 2 heterocycles. The zero-order valence-corrected chi connectivity index (χ0v) is 10.6. The van der Waals surface area contributed by atoms with Crippen LogP contribution in [0.25, 0.3) is 0 Å². The topological polar surface area (TPSA) is 24.5 Å². The highest BCUT2D eigenvalue weighted by atomic mass is 16.5. The van der Waals surface area contributed by atoms with Crippen LogP contribution in [0.1, 0.15) is 32.6 Å². The molecule has 0 spiro atoms. The van der Waals surface area contributed by atoms with Crippen molar-refractivity contribution < 1.29 is 4.74 Å². The molecule has 3 heteroatoms. The Bertz CT molecular complexity index is 194. The Hall–Kier alpha value is -0.120. The molecule has 16 heavy (non-hydrogen) atoms. The van der Waals surface area contributed by atoms with E-state index in [0.717, 1.165) is 18.9 Å². The molecule has 94 valence electrons. The van der Waals surface area contributed by atoms with E-state index in [-0.39, 0.29) is 0 Å². The Labute approximate surface area is 99.5 Å². The highest BCUT2D eigenvalue weighted by Gasteiger charge is 2.22. The van der Waals surface area contributed by atoms with Crippen LogP contribution in [-0.4, -0.2) is 50.3 Å². The van der Waals surface area contributed by atoms with Gasteiger partial charge in [0.05, 0.1) is 6.10 Å². The van der Waals surface area contributed by atoms with E-state index in [1.165, 1.54) is 52.0 Å². The second-order valence-electron chi connectivity index (χ2n) is 5.25. The standard InChI is InChI=1S/C13H26N2O/c1-2-8-16-13-4-3-6-15(11-13)7-5-12-9-14-10-12/h12-14H,2-11H2,1H3. The zero-order chi connectivity index (χ0) is 11.2. The molecular weight excluding hydrogens is 200 g/mol. The predicted molar refractivity (Wildman–Crippen MR) is 66.7 cm³/mol. The average Bonchev–Trinajstić information content (AvgIpc) is 2.25. The van der Waals surface area contributed by atoms with Gasteiger partial charge in [0.25, 0.3) is 0 Å². The third-order valence-electron chi connectivity index (χ3n) is 3.74. The maximum Gasteiger partial charge on any atom is 0.0702 e. The van der Waals surface area contributed by atoms with Crippen LogP contribution in [0.5, 0.6) is 0 Å². The summed E-state index contributed by atoms with van der Waals surface area (Å²) >= 11 is 0. The third-order valence-corrected chi connectivity index (χ3v) is 3.74. The first-order valence-electron chi connectivity index (χ1n) is 6.93. The van der Waals surface area contributed by atoms with Crippen LogP contribution in [0.15, 0.2) is 0 Å². The number of nitrogens with one attached hydrogen (secondary N) is 1. The Kier molecular flexibility index (Phi) is 5.07. The minimum atomic E-state index is 0.508. The van der Waals surface area contributed by atoms with Gasteiger partial charge in [0, 0.05) is 13.2 Å². The van der Waals surface area contributed by atoms with E-state index in [4.69, 9.17) is 4.74 Å². The molecule has 1 unspecified atom stereocenters. The largest absolute Gasteiger partial charge is 0.377 e. The second kappa shape index (κ2) is 6.58. The smallest absolute Gasteiger partial charge is 0.0702 e. The van der Waals surface area contributed by atoms with Crippen molar-refractivity contribution in [3.8, 4) is 0 Å². The van der Waals surface area contributed by atoms with Crippen molar-refractivity contribution in [1.29, 1.82) is 0 Å². The van der Waals surface area contributed by atoms with Crippen molar-refractivity contribution >= 4 is 0 Å². The summed E-state index contributed by atoms with van der Waals surface area (Å²) in [6.45, 7) is 9.33. The summed E-state index contributed by atoms with van der Waals surface area (Å²) in [7, 11) is 0. The van der Waals surface area contributed by atoms with Crippen molar-refractivity contribution in [2.24, 2.45) is 5.92 Å². The van der Waals surface area contributed by atoms with Gasteiger partial charge in [-0.15, -0.1) is 0 Å². The van der Waals surface area contributed by atoms with Gasteiger partial charge in [0.2, 0.25) is 0 Å². The third kappa shape index (κ3) is 3.72. The second-order valence-corrected chi connectivity index (χ2v) is 5.25. The molecule has 0 aliphatic carbocycles. The van der Waals surface area contributed by atoms with E-state index in [1.807, 2.05) is 0 Å². The van der Waals surface area contributed by atoms with Crippen LogP contribution in [-0.2, 0) is 4.74 Å². The molecule has 0 radical (unpaired) electrons.